The van der Waals surface area contributed by atoms with Crippen molar-refractivity contribution < 1.29 is 0 Å². The van der Waals surface area contributed by atoms with Gasteiger partial charge in [0.2, 0.25) is 0 Å². The summed E-state index contributed by atoms with van der Waals surface area (Å²) in [6, 6.07) is 2.75. The van der Waals surface area contributed by atoms with Gasteiger partial charge in [-0.25, -0.2) is 9.50 Å². The molecule has 2 aliphatic rings. The van der Waals surface area contributed by atoms with Crippen LogP contribution >= 0.6 is 0 Å². The summed E-state index contributed by atoms with van der Waals surface area (Å²) in [6.45, 7) is 7.67. The van der Waals surface area contributed by atoms with Gasteiger partial charge in [-0.3, -0.25) is 4.99 Å². The summed E-state index contributed by atoms with van der Waals surface area (Å²) in [6.07, 6.45) is 14.9. The van der Waals surface area contributed by atoms with Gasteiger partial charge in [-0.2, -0.15) is 0 Å². The van der Waals surface area contributed by atoms with E-state index in [2.05, 4.69) is 34.0 Å². The average molecular weight is 394 g/mol. The second-order valence-electron chi connectivity index (χ2n) is 7.91. The van der Waals surface area contributed by atoms with Crippen molar-refractivity contribution >= 4 is 23.0 Å². The first-order valence-corrected chi connectivity index (χ1v) is 10.6. The lowest BCUT2D eigenvalue weighted by atomic mass is 9.98. The Morgan fingerprint density at radius 3 is 3.14 bits per heavy atom. The van der Waals surface area contributed by atoms with E-state index in [0.29, 0.717) is 17.9 Å². The van der Waals surface area contributed by atoms with Crippen LogP contribution in [-0.2, 0) is 0 Å². The molecule has 0 aromatic carbocycles. The van der Waals surface area contributed by atoms with Gasteiger partial charge in [-0.1, -0.05) is 12.7 Å². The molecule has 29 heavy (non-hydrogen) atoms. The fourth-order valence-corrected chi connectivity index (χ4v) is 4.36. The molecule has 0 aliphatic carbocycles. The van der Waals surface area contributed by atoms with Gasteiger partial charge in [0, 0.05) is 30.6 Å². The Balaban J connectivity index is 1.47. The zero-order valence-electron chi connectivity index (χ0n) is 17.2. The molecule has 0 spiro atoms. The van der Waals surface area contributed by atoms with Gasteiger partial charge in [0.05, 0.1) is 12.1 Å². The van der Waals surface area contributed by atoms with E-state index in [9.17, 15) is 0 Å². The number of dihydropyridines is 1. The number of nitrogen functional groups attached to an aromatic ring is 1. The topological polar surface area (TPSA) is 83.8 Å². The maximum absolute atomic E-state index is 5.96. The monoisotopic (exact) mass is 393 g/mol. The number of rotatable bonds is 8. The third-order valence-electron chi connectivity index (χ3n) is 5.94. The molecule has 2 aromatic rings. The van der Waals surface area contributed by atoms with Crippen LogP contribution in [0.2, 0.25) is 0 Å². The highest BCUT2D eigenvalue weighted by Crippen LogP contribution is 2.31. The van der Waals surface area contributed by atoms with Gasteiger partial charge in [-0.15, -0.1) is 5.10 Å². The number of aromatic nitrogens is 3. The molecule has 1 fully saturated rings. The van der Waals surface area contributed by atoms with Crippen LogP contribution < -0.4 is 16.0 Å². The molecule has 1 saturated heterocycles. The van der Waals surface area contributed by atoms with Gasteiger partial charge < -0.3 is 16.0 Å². The first kappa shape index (κ1) is 19.5. The fraction of sp³-hybridized carbons (Fsp3) is 0.500. The summed E-state index contributed by atoms with van der Waals surface area (Å²) in [5.74, 6) is 1.55. The predicted octanol–water partition coefficient (Wildman–Crippen LogP) is 3.26. The summed E-state index contributed by atoms with van der Waals surface area (Å²) >= 11 is 0. The first-order chi connectivity index (χ1) is 14.2. The number of hydrogen-bond acceptors (Lipinski definition) is 6. The number of nitrogens with two attached hydrogens (primary N) is 1. The van der Waals surface area contributed by atoms with Gasteiger partial charge in [0.1, 0.15) is 5.82 Å². The molecule has 0 radical (unpaired) electrons. The molecule has 2 aromatic heterocycles. The third kappa shape index (κ3) is 4.13. The largest absolute Gasteiger partial charge is 0.391 e. The number of aliphatic imine (C=N–C) groups is 1. The minimum atomic E-state index is 0.304. The standard InChI is InChI=1S/C22H31N7/c1-3-24-13-5-4-8-17-9-6-10-18(25-17)19-11-7-14-28(19)20-12-15-29-22(26-20)16(2)21(23)27-29/h3,6,9,12,15,18-19,24H,1,4-5,7-8,10-11,13-14H2,2H3,(H2,23,27). The quantitative estimate of drug-likeness (QED) is 0.673. The Morgan fingerprint density at radius 2 is 2.28 bits per heavy atom. The van der Waals surface area contributed by atoms with Crippen molar-refractivity contribution in [1.82, 2.24) is 19.9 Å². The molecular formula is C22H31N7. The van der Waals surface area contributed by atoms with E-state index < -0.39 is 0 Å². The summed E-state index contributed by atoms with van der Waals surface area (Å²) < 4.78 is 1.76. The van der Waals surface area contributed by atoms with Crippen LogP contribution in [0.4, 0.5) is 11.6 Å². The zero-order chi connectivity index (χ0) is 20.2. The van der Waals surface area contributed by atoms with Gasteiger partial charge >= 0.3 is 0 Å². The van der Waals surface area contributed by atoms with Crippen molar-refractivity contribution in [3.63, 3.8) is 0 Å². The molecule has 0 saturated carbocycles. The van der Waals surface area contributed by atoms with E-state index in [-0.39, 0.29) is 0 Å². The number of fused-ring (bicyclic) bond motifs is 1. The van der Waals surface area contributed by atoms with E-state index in [1.807, 2.05) is 19.2 Å². The third-order valence-corrected chi connectivity index (χ3v) is 5.94. The molecule has 4 heterocycles. The first-order valence-electron chi connectivity index (χ1n) is 10.6. The minimum absolute atomic E-state index is 0.304. The van der Waals surface area contributed by atoms with Gasteiger partial charge in [0.25, 0.3) is 0 Å². The number of aryl methyl sites for hydroxylation is 1. The number of nitrogens with zero attached hydrogens (tertiary/aromatic N) is 5. The normalized spacial score (nSPS) is 21.6. The minimum Gasteiger partial charge on any atom is -0.391 e. The Morgan fingerprint density at radius 1 is 1.38 bits per heavy atom. The summed E-state index contributed by atoms with van der Waals surface area (Å²) in [7, 11) is 0. The molecule has 3 N–H and O–H groups in total. The van der Waals surface area contributed by atoms with E-state index in [0.717, 1.165) is 62.2 Å². The number of hydrogen-bond donors (Lipinski definition) is 2. The van der Waals surface area contributed by atoms with E-state index in [1.165, 1.54) is 12.1 Å². The summed E-state index contributed by atoms with van der Waals surface area (Å²) in [4.78, 5) is 12.4. The molecule has 0 bridgehead atoms. The highest BCUT2D eigenvalue weighted by molar-refractivity contribution is 5.95. The van der Waals surface area contributed by atoms with Gasteiger partial charge in [0.15, 0.2) is 11.5 Å². The zero-order valence-corrected chi connectivity index (χ0v) is 17.2. The Hall–Kier alpha value is -2.83. The highest BCUT2D eigenvalue weighted by Gasteiger charge is 2.33. The molecule has 7 nitrogen and oxygen atoms in total. The van der Waals surface area contributed by atoms with Crippen molar-refractivity contribution in [1.29, 1.82) is 0 Å². The smallest absolute Gasteiger partial charge is 0.162 e. The molecule has 4 rings (SSSR count). The van der Waals surface area contributed by atoms with E-state index in [1.54, 1.807) is 10.7 Å². The lowest BCUT2D eigenvalue weighted by Crippen LogP contribution is -2.39. The van der Waals surface area contributed by atoms with Crippen LogP contribution in [0.5, 0.6) is 0 Å². The lowest BCUT2D eigenvalue weighted by Gasteiger charge is -2.31. The highest BCUT2D eigenvalue weighted by atomic mass is 15.3. The molecule has 7 heteroatoms. The van der Waals surface area contributed by atoms with Crippen LogP contribution in [0.15, 0.2) is 42.2 Å². The SMILES string of the molecule is C=CNCCCCC1=NC(C2CCCN2c2ccn3nc(N)c(C)c3n2)CC=C1. The van der Waals surface area contributed by atoms with Crippen molar-refractivity contribution in [2.75, 3.05) is 23.7 Å². The van der Waals surface area contributed by atoms with Crippen molar-refractivity contribution in [3.05, 3.63) is 42.8 Å². The van der Waals surface area contributed by atoms with Crippen LogP contribution in [-0.4, -0.2) is 45.5 Å². The van der Waals surface area contributed by atoms with E-state index in [4.69, 9.17) is 15.7 Å². The number of anilines is 2. The van der Waals surface area contributed by atoms with Crippen LogP contribution in [0, 0.1) is 6.92 Å². The lowest BCUT2D eigenvalue weighted by molar-refractivity contribution is 0.522. The molecule has 2 atom stereocenters. The van der Waals surface area contributed by atoms with E-state index >= 15 is 0 Å². The van der Waals surface area contributed by atoms with Crippen molar-refractivity contribution in [3.8, 4) is 0 Å². The second kappa shape index (κ2) is 8.68. The molecule has 0 amide bonds. The second-order valence-corrected chi connectivity index (χ2v) is 7.91. The van der Waals surface area contributed by atoms with Crippen molar-refractivity contribution in [2.24, 2.45) is 4.99 Å². The van der Waals surface area contributed by atoms with Gasteiger partial charge in [-0.05, 0) is 63.8 Å². The van der Waals surface area contributed by atoms with Crippen molar-refractivity contribution in [2.45, 2.75) is 57.5 Å². The number of unbranched alkanes of at least 4 members (excludes halogenated alkanes) is 1. The Labute approximate surface area is 172 Å². The Bertz CT molecular complexity index is 927. The molecule has 154 valence electrons. The Kier molecular flexibility index (Phi) is 5.83. The fourth-order valence-electron chi connectivity index (χ4n) is 4.36. The molecular weight excluding hydrogens is 362 g/mol. The molecule has 2 aliphatic heterocycles. The van der Waals surface area contributed by atoms with Crippen LogP contribution in [0.1, 0.15) is 44.1 Å². The number of allylic oxidation sites excluding steroid dienone is 1. The average Bonchev–Trinajstić information content (AvgIpc) is 3.33. The summed E-state index contributed by atoms with van der Waals surface area (Å²) in [5.41, 5.74) is 8.97. The number of nitrogens with one attached hydrogen (secondary N) is 1. The van der Waals surface area contributed by atoms with Crippen LogP contribution in [0.25, 0.3) is 5.65 Å². The maximum atomic E-state index is 5.96. The maximum Gasteiger partial charge on any atom is 0.162 e. The predicted molar refractivity (Wildman–Crippen MR) is 120 cm³/mol. The molecule has 2 unspecified atom stereocenters. The van der Waals surface area contributed by atoms with Crippen LogP contribution in [0.3, 0.4) is 0 Å². The summed E-state index contributed by atoms with van der Waals surface area (Å²) in [5, 5.41) is 7.48.